The van der Waals surface area contributed by atoms with Crippen LogP contribution in [0.5, 0.6) is 0 Å². The number of pyridine rings is 2. The molecular weight excluding hydrogens is 390 g/mol. The van der Waals surface area contributed by atoms with Gasteiger partial charge in [0.2, 0.25) is 0 Å². The number of fused-ring (bicyclic) bond motifs is 2. The van der Waals surface area contributed by atoms with Gasteiger partial charge in [0, 0.05) is 31.7 Å². The van der Waals surface area contributed by atoms with Gasteiger partial charge in [0.15, 0.2) is 11.5 Å². The number of nitrogens with zero attached hydrogens (tertiary/aromatic N) is 7. The third-order valence-electron chi connectivity index (χ3n) is 6.22. The lowest BCUT2D eigenvalue weighted by Gasteiger charge is -2.28. The molecule has 1 aliphatic heterocycles. The second-order valence-electron chi connectivity index (χ2n) is 8.10. The summed E-state index contributed by atoms with van der Waals surface area (Å²) in [6, 6.07) is 4.11. The van der Waals surface area contributed by atoms with Crippen LogP contribution >= 0.6 is 0 Å². The lowest BCUT2D eigenvalue weighted by Crippen LogP contribution is -2.29. The molecule has 0 aliphatic carbocycles. The highest BCUT2D eigenvalue weighted by Crippen LogP contribution is 2.32. The number of nitrogens with one attached hydrogen (secondary N) is 2. The van der Waals surface area contributed by atoms with Crippen LogP contribution in [0.25, 0.3) is 45.0 Å². The van der Waals surface area contributed by atoms with Gasteiger partial charge in [-0.2, -0.15) is 5.10 Å². The maximum atomic E-state index is 4.77. The smallest absolute Gasteiger partial charge is 0.180 e. The SMILES string of the molecule is Cc1ncc(-c2cc3c(-c4nc5nccc(N6CCCCC6)c5[nH]4)n[nH]c3cn2)n1C. The number of aryl methyl sites for hydroxylation is 1. The maximum absolute atomic E-state index is 4.77. The zero-order chi connectivity index (χ0) is 20.9. The molecule has 0 unspecified atom stereocenters. The molecule has 1 saturated heterocycles. The first-order chi connectivity index (χ1) is 15.2. The fourth-order valence-corrected chi connectivity index (χ4v) is 4.39. The number of H-pyrrole nitrogens is 2. The van der Waals surface area contributed by atoms with Gasteiger partial charge in [0.1, 0.15) is 17.0 Å². The number of hydrogen-bond acceptors (Lipinski definition) is 6. The molecule has 156 valence electrons. The molecule has 2 N–H and O–H groups in total. The number of aromatic amines is 2. The Morgan fingerprint density at radius 1 is 1.03 bits per heavy atom. The molecule has 6 heterocycles. The Kier molecular flexibility index (Phi) is 4.02. The predicted octanol–water partition coefficient (Wildman–Crippen LogP) is 3.60. The van der Waals surface area contributed by atoms with E-state index in [1.165, 1.54) is 19.3 Å². The van der Waals surface area contributed by atoms with E-state index in [0.717, 1.165) is 58.1 Å². The lowest BCUT2D eigenvalue weighted by molar-refractivity contribution is 0.578. The summed E-state index contributed by atoms with van der Waals surface area (Å²) in [6.07, 6.45) is 9.23. The fourth-order valence-electron chi connectivity index (χ4n) is 4.39. The van der Waals surface area contributed by atoms with E-state index in [9.17, 15) is 0 Å². The van der Waals surface area contributed by atoms with Crippen LogP contribution in [0.1, 0.15) is 25.1 Å². The van der Waals surface area contributed by atoms with E-state index in [2.05, 4.69) is 41.1 Å². The van der Waals surface area contributed by atoms with E-state index in [1.54, 1.807) is 0 Å². The molecule has 0 bridgehead atoms. The van der Waals surface area contributed by atoms with Crippen molar-refractivity contribution in [3.05, 3.63) is 36.5 Å². The van der Waals surface area contributed by atoms with Crippen molar-refractivity contribution in [3.8, 4) is 22.9 Å². The molecule has 31 heavy (non-hydrogen) atoms. The molecule has 0 aromatic carbocycles. The normalized spacial score (nSPS) is 14.7. The van der Waals surface area contributed by atoms with E-state index < -0.39 is 0 Å². The van der Waals surface area contributed by atoms with Crippen LogP contribution in [-0.2, 0) is 7.05 Å². The zero-order valence-electron chi connectivity index (χ0n) is 17.6. The second-order valence-corrected chi connectivity index (χ2v) is 8.10. The number of imidazole rings is 2. The number of piperidine rings is 1. The van der Waals surface area contributed by atoms with Crippen LogP contribution in [-0.4, -0.2) is 52.8 Å². The van der Waals surface area contributed by atoms with Gasteiger partial charge >= 0.3 is 0 Å². The average molecular weight is 413 g/mol. The van der Waals surface area contributed by atoms with Crippen molar-refractivity contribution in [2.45, 2.75) is 26.2 Å². The highest BCUT2D eigenvalue weighted by atomic mass is 15.2. The first-order valence-electron chi connectivity index (χ1n) is 10.6. The van der Waals surface area contributed by atoms with E-state index in [0.29, 0.717) is 11.5 Å². The summed E-state index contributed by atoms with van der Waals surface area (Å²) in [5, 5.41) is 8.59. The van der Waals surface area contributed by atoms with Crippen LogP contribution < -0.4 is 4.90 Å². The Bertz CT molecular complexity index is 1400. The largest absolute Gasteiger partial charge is 0.370 e. The highest BCUT2D eigenvalue weighted by Gasteiger charge is 2.19. The highest BCUT2D eigenvalue weighted by molar-refractivity contribution is 5.95. The standard InChI is InChI=1S/C22H23N9/c1-13-24-12-18(30(13)2)15-10-14-16(11-25-15)28-29-19(14)22-26-20-17(6-7-23-21(20)27-22)31-8-4-3-5-9-31/h6-7,10-12H,3-5,8-9H2,1-2H3,(H,28,29)(H,23,26,27). The minimum absolute atomic E-state index is 0.705. The predicted molar refractivity (Wildman–Crippen MR) is 120 cm³/mol. The number of aromatic nitrogens is 8. The molecule has 9 nitrogen and oxygen atoms in total. The Labute approximate surface area is 178 Å². The average Bonchev–Trinajstić information content (AvgIpc) is 3.50. The fraction of sp³-hybridized carbons (Fsp3) is 0.318. The third-order valence-corrected chi connectivity index (χ3v) is 6.22. The quantitative estimate of drug-likeness (QED) is 0.468. The van der Waals surface area contributed by atoms with Gasteiger partial charge in [-0.15, -0.1) is 0 Å². The maximum Gasteiger partial charge on any atom is 0.180 e. The van der Waals surface area contributed by atoms with Crippen molar-refractivity contribution >= 4 is 27.8 Å². The molecule has 0 saturated carbocycles. The first kappa shape index (κ1) is 18.1. The van der Waals surface area contributed by atoms with Gasteiger partial charge in [-0.3, -0.25) is 10.1 Å². The molecule has 6 rings (SSSR count). The Hall–Kier alpha value is -3.75. The number of rotatable bonds is 3. The number of anilines is 1. The summed E-state index contributed by atoms with van der Waals surface area (Å²) in [5.74, 6) is 1.65. The van der Waals surface area contributed by atoms with Crippen LogP contribution in [0, 0.1) is 6.92 Å². The van der Waals surface area contributed by atoms with Gasteiger partial charge in [-0.1, -0.05) is 0 Å². The van der Waals surface area contributed by atoms with Gasteiger partial charge in [0.25, 0.3) is 0 Å². The van der Waals surface area contributed by atoms with Gasteiger partial charge < -0.3 is 14.5 Å². The van der Waals surface area contributed by atoms with Crippen molar-refractivity contribution in [1.29, 1.82) is 0 Å². The Morgan fingerprint density at radius 2 is 1.90 bits per heavy atom. The third kappa shape index (κ3) is 2.88. The molecular formula is C22H23N9. The summed E-state index contributed by atoms with van der Waals surface area (Å²) in [4.78, 5) is 24.2. The molecule has 0 atom stereocenters. The van der Waals surface area contributed by atoms with E-state index in [-0.39, 0.29) is 0 Å². The Balaban J connectivity index is 1.47. The van der Waals surface area contributed by atoms with Crippen molar-refractivity contribution in [1.82, 2.24) is 39.7 Å². The second kappa shape index (κ2) is 6.90. The number of hydrogen-bond donors (Lipinski definition) is 2. The molecule has 9 heteroatoms. The van der Waals surface area contributed by atoms with E-state index >= 15 is 0 Å². The summed E-state index contributed by atoms with van der Waals surface area (Å²) >= 11 is 0. The molecule has 0 radical (unpaired) electrons. The molecule has 1 aliphatic rings. The van der Waals surface area contributed by atoms with Crippen LogP contribution in [0.15, 0.2) is 30.7 Å². The summed E-state index contributed by atoms with van der Waals surface area (Å²) in [5.41, 5.74) is 6.28. The van der Waals surface area contributed by atoms with E-state index in [4.69, 9.17) is 4.98 Å². The van der Waals surface area contributed by atoms with Gasteiger partial charge in [-0.25, -0.2) is 15.0 Å². The first-order valence-corrected chi connectivity index (χ1v) is 10.6. The summed E-state index contributed by atoms with van der Waals surface area (Å²) in [6.45, 7) is 4.11. The van der Waals surface area contributed by atoms with Crippen molar-refractivity contribution in [3.63, 3.8) is 0 Å². The monoisotopic (exact) mass is 413 g/mol. The van der Waals surface area contributed by atoms with Gasteiger partial charge in [0.05, 0.1) is 35.0 Å². The van der Waals surface area contributed by atoms with Crippen molar-refractivity contribution < 1.29 is 0 Å². The van der Waals surface area contributed by atoms with Crippen molar-refractivity contribution in [2.75, 3.05) is 18.0 Å². The lowest BCUT2D eigenvalue weighted by atomic mass is 10.1. The minimum atomic E-state index is 0.705. The molecule has 5 aromatic heterocycles. The summed E-state index contributed by atoms with van der Waals surface area (Å²) < 4.78 is 2.03. The van der Waals surface area contributed by atoms with Gasteiger partial charge in [-0.05, 0) is 38.3 Å². The van der Waals surface area contributed by atoms with E-state index in [1.807, 2.05) is 43.2 Å². The molecule has 0 spiro atoms. The molecule has 1 fully saturated rings. The Morgan fingerprint density at radius 3 is 2.71 bits per heavy atom. The summed E-state index contributed by atoms with van der Waals surface area (Å²) in [7, 11) is 1.99. The van der Waals surface area contributed by atoms with Crippen LogP contribution in [0.2, 0.25) is 0 Å². The van der Waals surface area contributed by atoms with Crippen LogP contribution in [0.4, 0.5) is 5.69 Å². The van der Waals surface area contributed by atoms with Crippen LogP contribution in [0.3, 0.4) is 0 Å². The molecule has 5 aromatic rings. The van der Waals surface area contributed by atoms with Crippen molar-refractivity contribution in [2.24, 2.45) is 7.05 Å². The molecule has 0 amide bonds. The minimum Gasteiger partial charge on any atom is -0.370 e. The zero-order valence-corrected chi connectivity index (χ0v) is 17.6. The topological polar surface area (TPSA) is 104 Å².